The molecule has 8 heteroatoms. The number of ether oxygens (including phenoxy) is 3. The Morgan fingerprint density at radius 1 is 1.41 bits per heavy atom. The molecule has 0 N–H and O–H groups in total. The van der Waals surface area contributed by atoms with Crippen LogP contribution in [0.5, 0.6) is 11.5 Å². The number of hydrogen-bond donors (Lipinski definition) is 0. The molecule has 0 spiro atoms. The molecule has 1 aliphatic heterocycles. The molecular formula is C21H23N3O4S. The predicted octanol–water partition coefficient (Wildman–Crippen LogP) is 3.31. The molecule has 0 unspecified atom stereocenters. The number of thiophene rings is 1. The summed E-state index contributed by atoms with van der Waals surface area (Å²) in [4.78, 5) is 19.6. The van der Waals surface area contributed by atoms with E-state index >= 15 is 0 Å². The van der Waals surface area contributed by atoms with Crippen LogP contribution in [0.2, 0.25) is 0 Å². The van der Waals surface area contributed by atoms with Crippen molar-refractivity contribution in [1.29, 1.82) is 5.26 Å². The van der Waals surface area contributed by atoms with Gasteiger partial charge < -0.3 is 19.1 Å². The molecule has 0 bridgehead atoms. The van der Waals surface area contributed by atoms with Crippen LogP contribution in [0.25, 0.3) is 0 Å². The molecule has 0 saturated carbocycles. The maximum Gasteiger partial charge on any atom is 0.344 e. The Morgan fingerprint density at radius 3 is 2.97 bits per heavy atom. The Kier molecular flexibility index (Phi) is 6.86. The van der Waals surface area contributed by atoms with Gasteiger partial charge in [-0.05, 0) is 49.7 Å². The first-order valence-corrected chi connectivity index (χ1v) is 10.1. The third-order valence-corrected chi connectivity index (χ3v) is 5.64. The molecule has 0 atom stereocenters. The number of nitriles is 1. The molecule has 0 saturated heterocycles. The van der Waals surface area contributed by atoms with E-state index in [1.807, 2.05) is 6.07 Å². The van der Waals surface area contributed by atoms with Gasteiger partial charge in [-0.15, -0.1) is 11.3 Å². The van der Waals surface area contributed by atoms with Crippen molar-refractivity contribution < 1.29 is 19.0 Å². The van der Waals surface area contributed by atoms with E-state index in [1.54, 1.807) is 36.6 Å². The van der Waals surface area contributed by atoms with Crippen molar-refractivity contribution in [1.82, 2.24) is 4.90 Å². The number of likely N-dealkylation sites (N-methyl/N-ethyl adjacent to an activating group) is 1. The highest BCUT2D eigenvalue weighted by atomic mass is 32.1. The first-order valence-electron chi connectivity index (χ1n) is 9.29. The highest BCUT2D eigenvalue weighted by molar-refractivity contribution is 7.16. The number of hydrogen-bond acceptors (Lipinski definition) is 8. The van der Waals surface area contributed by atoms with Crippen LogP contribution in [0.4, 0.5) is 5.00 Å². The van der Waals surface area contributed by atoms with E-state index in [9.17, 15) is 10.1 Å². The van der Waals surface area contributed by atoms with Crippen LogP contribution in [-0.4, -0.2) is 51.0 Å². The fourth-order valence-electron chi connectivity index (χ4n) is 3.08. The quantitative estimate of drug-likeness (QED) is 0.511. The molecule has 29 heavy (non-hydrogen) atoms. The second-order valence-corrected chi connectivity index (χ2v) is 7.63. The SMILES string of the molecule is CCOC(=O)COc1cc(C=Nc2sc3c(c2C#N)CCN(C)C3)ccc1OC. The van der Waals surface area contributed by atoms with E-state index in [4.69, 9.17) is 14.2 Å². The number of carbonyl (C=O) groups excluding carboxylic acids is 1. The summed E-state index contributed by atoms with van der Waals surface area (Å²) < 4.78 is 15.7. The van der Waals surface area contributed by atoms with Crippen molar-refractivity contribution in [3.63, 3.8) is 0 Å². The maximum absolute atomic E-state index is 11.6. The van der Waals surface area contributed by atoms with E-state index in [-0.39, 0.29) is 6.61 Å². The van der Waals surface area contributed by atoms with Crippen LogP contribution < -0.4 is 9.47 Å². The molecule has 7 nitrogen and oxygen atoms in total. The lowest BCUT2D eigenvalue weighted by Gasteiger charge is -2.21. The minimum Gasteiger partial charge on any atom is -0.493 e. The highest BCUT2D eigenvalue weighted by Gasteiger charge is 2.22. The summed E-state index contributed by atoms with van der Waals surface area (Å²) in [6.07, 6.45) is 2.56. The average molecular weight is 413 g/mol. The lowest BCUT2D eigenvalue weighted by molar-refractivity contribution is -0.145. The molecule has 3 rings (SSSR count). The zero-order chi connectivity index (χ0) is 20.8. The Bertz CT molecular complexity index is 962. The van der Waals surface area contributed by atoms with Crippen LogP contribution in [0.1, 0.15) is 28.5 Å². The lowest BCUT2D eigenvalue weighted by Crippen LogP contribution is -2.25. The highest BCUT2D eigenvalue weighted by Crippen LogP contribution is 2.38. The van der Waals surface area contributed by atoms with Crippen molar-refractivity contribution in [3.8, 4) is 17.6 Å². The van der Waals surface area contributed by atoms with E-state index in [1.165, 1.54) is 12.0 Å². The number of benzene rings is 1. The third kappa shape index (κ3) is 4.94. The summed E-state index contributed by atoms with van der Waals surface area (Å²) >= 11 is 1.56. The standard InChI is InChI=1S/C21H23N3O4S/c1-4-27-20(25)13-28-18-9-14(5-6-17(18)26-3)11-23-21-16(10-22)15-7-8-24(2)12-19(15)29-21/h5-6,9,11H,4,7-8,12-13H2,1-3H3. The number of aliphatic imine (C=N–C) groups is 1. The van der Waals surface area contributed by atoms with E-state index in [2.05, 4.69) is 23.0 Å². The Labute approximate surface area is 174 Å². The summed E-state index contributed by atoms with van der Waals surface area (Å²) in [6.45, 7) is 3.63. The molecule has 2 heterocycles. The molecule has 0 radical (unpaired) electrons. The topological polar surface area (TPSA) is 84.2 Å². The van der Waals surface area contributed by atoms with Crippen LogP contribution >= 0.6 is 11.3 Å². The Morgan fingerprint density at radius 2 is 2.24 bits per heavy atom. The zero-order valence-corrected chi connectivity index (χ0v) is 17.5. The van der Waals surface area contributed by atoms with Crippen LogP contribution in [0.15, 0.2) is 23.2 Å². The molecule has 1 aromatic carbocycles. The molecule has 2 aromatic rings. The van der Waals surface area contributed by atoms with Gasteiger partial charge in [0.1, 0.15) is 11.1 Å². The minimum atomic E-state index is -0.443. The smallest absolute Gasteiger partial charge is 0.344 e. The number of esters is 1. The van der Waals surface area contributed by atoms with Gasteiger partial charge in [-0.2, -0.15) is 5.26 Å². The number of carbonyl (C=O) groups is 1. The van der Waals surface area contributed by atoms with Gasteiger partial charge in [-0.3, -0.25) is 0 Å². The second-order valence-electron chi connectivity index (χ2n) is 6.55. The van der Waals surface area contributed by atoms with Gasteiger partial charge in [-0.1, -0.05) is 0 Å². The molecule has 0 amide bonds. The number of fused-ring (bicyclic) bond motifs is 1. The third-order valence-electron chi connectivity index (χ3n) is 4.51. The molecule has 1 aliphatic rings. The fourth-order valence-corrected chi connectivity index (χ4v) is 4.30. The van der Waals surface area contributed by atoms with E-state index < -0.39 is 5.97 Å². The number of rotatable bonds is 7. The number of methoxy groups -OCH3 is 1. The van der Waals surface area contributed by atoms with Gasteiger partial charge in [0.15, 0.2) is 18.1 Å². The van der Waals surface area contributed by atoms with Gasteiger partial charge in [-0.25, -0.2) is 9.79 Å². The normalized spacial score (nSPS) is 13.7. The summed E-state index contributed by atoms with van der Waals surface area (Å²) in [6, 6.07) is 7.65. The van der Waals surface area contributed by atoms with Crippen molar-refractivity contribution >= 4 is 28.5 Å². The van der Waals surface area contributed by atoms with Crippen molar-refractivity contribution in [3.05, 3.63) is 39.8 Å². The second kappa shape index (κ2) is 9.54. The van der Waals surface area contributed by atoms with Crippen LogP contribution in [-0.2, 0) is 22.5 Å². The zero-order valence-electron chi connectivity index (χ0n) is 16.7. The van der Waals surface area contributed by atoms with Gasteiger partial charge in [0.25, 0.3) is 0 Å². The summed E-state index contributed by atoms with van der Waals surface area (Å²) in [5.41, 5.74) is 2.56. The first kappa shape index (κ1) is 20.8. The van der Waals surface area contributed by atoms with Crippen molar-refractivity contribution in [2.24, 2.45) is 4.99 Å². The van der Waals surface area contributed by atoms with Gasteiger partial charge in [0, 0.05) is 24.2 Å². The van der Waals surface area contributed by atoms with Crippen LogP contribution in [0.3, 0.4) is 0 Å². The largest absolute Gasteiger partial charge is 0.493 e. The summed E-state index contributed by atoms with van der Waals surface area (Å²) in [5, 5.41) is 10.3. The van der Waals surface area contributed by atoms with Gasteiger partial charge >= 0.3 is 5.97 Å². The van der Waals surface area contributed by atoms with E-state index in [0.29, 0.717) is 23.7 Å². The molecule has 0 fully saturated rings. The summed E-state index contributed by atoms with van der Waals surface area (Å²) in [7, 11) is 3.61. The Hall–Kier alpha value is -2.89. The summed E-state index contributed by atoms with van der Waals surface area (Å²) in [5.74, 6) is 0.498. The lowest BCUT2D eigenvalue weighted by atomic mass is 10.0. The predicted molar refractivity (Wildman–Crippen MR) is 111 cm³/mol. The van der Waals surface area contributed by atoms with Crippen molar-refractivity contribution in [2.75, 3.05) is 33.9 Å². The minimum absolute atomic E-state index is 0.200. The molecule has 152 valence electrons. The first-order chi connectivity index (χ1) is 14.0. The van der Waals surface area contributed by atoms with Gasteiger partial charge in [0.05, 0.1) is 19.3 Å². The van der Waals surface area contributed by atoms with E-state index in [0.717, 1.165) is 35.6 Å². The molecule has 1 aromatic heterocycles. The Balaban J connectivity index is 1.81. The molecule has 0 aliphatic carbocycles. The van der Waals surface area contributed by atoms with Gasteiger partial charge in [0.2, 0.25) is 0 Å². The maximum atomic E-state index is 11.6. The van der Waals surface area contributed by atoms with Crippen LogP contribution in [0, 0.1) is 11.3 Å². The number of nitrogens with zero attached hydrogens (tertiary/aromatic N) is 3. The van der Waals surface area contributed by atoms with Crippen molar-refractivity contribution in [2.45, 2.75) is 19.9 Å². The monoisotopic (exact) mass is 413 g/mol. The average Bonchev–Trinajstić information content (AvgIpc) is 3.07. The fraction of sp³-hybridized carbons (Fsp3) is 0.381. The molecular weight excluding hydrogens is 390 g/mol.